The fraction of sp³-hybridized carbons (Fsp3) is 0.148. The third kappa shape index (κ3) is 5.85. The van der Waals surface area contributed by atoms with Crippen LogP contribution in [0.25, 0.3) is 21.1 Å². The van der Waals surface area contributed by atoms with E-state index < -0.39 is 5.97 Å². The minimum Gasteiger partial charge on any atom is -0.487 e. The van der Waals surface area contributed by atoms with Crippen LogP contribution in [-0.4, -0.2) is 25.8 Å². The monoisotopic (exact) mass is 501 g/mol. The normalized spacial score (nSPS) is 11.0. The number of aromatic nitrogens is 3. The molecule has 0 saturated heterocycles. The number of aryl methyl sites for hydroxylation is 1. The molecule has 0 amide bonds. The Balaban J connectivity index is 1.22. The fourth-order valence-corrected chi connectivity index (χ4v) is 5.27. The molecule has 6 nitrogen and oxygen atoms in total. The Morgan fingerprint density at radius 2 is 1.83 bits per heavy atom. The molecule has 8 heteroatoms. The maximum absolute atomic E-state index is 11.1. The van der Waals surface area contributed by atoms with Crippen molar-refractivity contribution in [2.24, 2.45) is 0 Å². The average molecular weight is 502 g/mol. The molecular weight excluding hydrogens is 478 g/mol. The van der Waals surface area contributed by atoms with Gasteiger partial charge in [0.15, 0.2) is 0 Å². The summed E-state index contributed by atoms with van der Waals surface area (Å²) in [5, 5.41) is 18.9. The van der Waals surface area contributed by atoms with Crippen molar-refractivity contribution in [3.8, 4) is 26.9 Å². The number of thiophene rings is 1. The van der Waals surface area contributed by atoms with Crippen LogP contribution in [0, 0.1) is 0 Å². The van der Waals surface area contributed by atoms with E-state index in [2.05, 4.69) is 17.1 Å². The largest absolute Gasteiger partial charge is 0.487 e. The lowest BCUT2D eigenvalue weighted by Gasteiger charge is -2.06. The van der Waals surface area contributed by atoms with E-state index in [1.807, 2.05) is 76.2 Å². The molecule has 0 atom stereocenters. The van der Waals surface area contributed by atoms with E-state index in [0.29, 0.717) is 19.6 Å². The quantitative estimate of drug-likeness (QED) is 0.240. The standard InChI is InChI=1S/C27H23N3O3S2/c31-25(32)13-10-21-16-30(29-26(21)24-7-4-14-34-24)15-19-8-11-23(12-9-19)33-17-22-18-35-27(28-22)20-5-2-1-3-6-20/h1-9,11-12,14,16,18H,10,13,15,17H2,(H,31,32). The molecule has 0 aliphatic rings. The van der Waals surface area contributed by atoms with Crippen LogP contribution in [0.3, 0.4) is 0 Å². The topological polar surface area (TPSA) is 77.2 Å². The van der Waals surface area contributed by atoms with Gasteiger partial charge in [0.25, 0.3) is 0 Å². The summed E-state index contributed by atoms with van der Waals surface area (Å²) in [4.78, 5) is 16.8. The summed E-state index contributed by atoms with van der Waals surface area (Å²) in [5.41, 5.74) is 4.92. The van der Waals surface area contributed by atoms with Gasteiger partial charge in [0.05, 0.1) is 17.1 Å². The lowest BCUT2D eigenvalue weighted by atomic mass is 10.1. The highest BCUT2D eigenvalue weighted by Gasteiger charge is 2.14. The van der Waals surface area contributed by atoms with Crippen LogP contribution in [0.4, 0.5) is 0 Å². The molecular formula is C27H23N3O3S2. The first-order valence-electron chi connectivity index (χ1n) is 11.2. The second-order valence-electron chi connectivity index (χ2n) is 8.01. The molecule has 3 heterocycles. The Kier molecular flexibility index (Phi) is 7.02. The minimum absolute atomic E-state index is 0.0853. The highest BCUT2D eigenvalue weighted by Crippen LogP contribution is 2.28. The summed E-state index contributed by atoms with van der Waals surface area (Å²) in [5.74, 6) is -0.0238. The van der Waals surface area contributed by atoms with Crippen molar-refractivity contribution in [2.75, 3.05) is 0 Å². The number of aliphatic carboxylic acids is 1. The molecule has 35 heavy (non-hydrogen) atoms. The predicted molar refractivity (Wildman–Crippen MR) is 139 cm³/mol. The Hall–Kier alpha value is -3.75. The molecule has 0 aliphatic heterocycles. The molecule has 5 aromatic rings. The predicted octanol–water partition coefficient (Wildman–Crippen LogP) is 6.38. The lowest BCUT2D eigenvalue weighted by Crippen LogP contribution is -2.01. The van der Waals surface area contributed by atoms with Crippen molar-refractivity contribution >= 4 is 28.6 Å². The summed E-state index contributed by atoms with van der Waals surface area (Å²) in [6, 6.07) is 22.1. The van der Waals surface area contributed by atoms with Crippen molar-refractivity contribution in [3.05, 3.63) is 101 Å². The number of hydrogen-bond acceptors (Lipinski definition) is 6. The zero-order chi connectivity index (χ0) is 24.0. The molecule has 0 radical (unpaired) electrons. The zero-order valence-electron chi connectivity index (χ0n) is 18.8. The van der Waals surface area contributed by atoms with Gasteiger partial charge in [-0.15, -0.1) is 22.7 Å². The third-order valence-electron chi connectivity index (χ3n) is 5.43. The number of nitrogens with zero attached hydrogens (tertiary/aromatic N) is 3. The van der Waals surface area contributed by atoms with Crippen LogP contribution >= 0.6 is 22.7 Å². The lowest BCUT2D eigenvalue weighted by molar-refractivity contribution is -0.136. The van der Waals surface area contributed by atoms with Gasteiger partial charge in [-0.25, -0.2) is 4.98 Å². The first-order valence-corrected chi connectivity index (χ1v) is 12.9. The molecule has 0 aliphatic carbocycles. The van der Waals surface area contributed by atoms with Crippen molar-refractivity contribution in [2.45, 2.75) is 26.0 Å². The summed E-state index contributed by atoms with van der Waals surface area (Å²) in [6.45, 7) is 1.01. The van der Waals surface area contributed by atoms with Crippen LogP contribution in [0.1, 0.15) is 23.2 Å². The number of ether oxygens (including phenoxy) is 1. The number of hydrogen-bond donors (Lipinski definition) is 1. The molecule has 1 N–H and O–H groups in total. The third-order valence-corrected chi connectivity index (χ3v) is 7.24. The van der Waals surface area contributed by atoms with Crippen LogP contribution in [0.2, 0.25) is 0 Å². The minimum atomic E-state index is -0.806. The van der Waals surface area contributed by atoms with Crippen LogP contribution in [0.5, 0.6) is 5.75 Å². The number of carboxylic acid groups (broad SMARTS) is 1. The Morgan fingerprint density at radius 3 is 2.57 bits per heavy atom. The van der Waals surface area contributed by atoms with Crippen molar-refractivity contribution in [1.82, 2.24) is 14.8 Å². The maximum Gasteiger partial charge on any atom is 0.303 e. The summed E-state index contributed by atoms with van der Waals surface area (Å²) in [7, 11) is 0. The van der Waals surface area contributed by atoms with E-state index in [9.17, 15) is 4.79 Å². The van der Waals surface area contributed by atoms with E-state index in [-0.39, 0.29) is 6.42 Å². The molecule has 0 saturated carbocycles. The van der Waals surface area contributed by atoms with Gasteiger partial charge in [-0.1, -0.05) is 48.5 Å². The number of benzene rings is 2. The van der Waals surface area contributed by atoms with Crippen molar-refractivity contribution in [1.29, 1.82) is 0 Å². The van der Waals surface area contributed by atoms with Crippen molar-refractivity contribution < 1.29 is 14.6 Å². The van der Waals surface area contributed by atoms with Crippen LogP contribution in [0.15, 0.2) is 83.7 Å². The van der Waals surface area contributed by atoms with Crippen LogP contribution in [-0.2, 0) is 24.4 Å². The summed E-state index contributed by atoms with van der Waals surface area (Å²) < 4.78 is 7.82. The number of carboxylic acids is 1. The molecule has 2 aromatic carbocycles. The highest BCUT2D eigenvalue weighted by molar-refractivity contribution is 7.13. The Bertz CT molecular complexity index is 1390. The second-order valence-corrected chi connectivity index (χ2v) is 9.82. The van der Waals surface area contributed by atoms with Gasteiger partial charge in [0.1, 0.15) is 23.1 Å². The van der Waals surface area contributed by atoms with Gasteiger partial charge in [-0.2, -0.15) is 5.10 Å². The van der Waals surface area contributed by atoms with Gasteiger partial charge >= 0.3 is 5.97 Å². The average Bonchev–Trinajstić information content (AvgIpc) is 3.64. The Morgan fingerprint density at radius 1 is 1.00 bits per heavy atom. The zero-order valence-corrected chi connectivity index (χ0v) is 20.5. The van der Waals surface area contributed by atoms with Crippen molar-refractivity contribution in [3.63, 3.8) is 0 Å². The first-order chi connectivity index (χ1) is 17.1. The van der Waals surface area contributed by atoms with E-state index in [1.165, 1.54) is 0 Å². The molecule has 0 bridgehead atoms. The van der Waals surface area contributed by atoms with Gasteiger partial charge < -0.3 is 9.84 Å². The second kappa shape index (κ2) is 10.7. The Labute approximate surface area is 211 Å². The number of carbonyl (C=O) groups is 1. The molecule has 176 valence electrons. The molecule has 5 rings (SSSR count). The molecule has 0 fully saturated rings. The van der Waals surface area contributed by atoms with E-state index >= 15 is 0 Å². The molecule has 3 aromatic heterocycles. The van der Waals surface area contributed by atoms with Gasteiger partial charge in [0, 0.05) is 23.6 Å². The van der Waals surface area contributed by atoms with E-state index in [0.717, 1.165) is 43.7 Å². The van der Waals surface area contributed by atoms with Crippen LogP contribution < -0.4 is 4.74 Å². The summed E-state index contributed by atoms with van der Waals surface area (Å²) >= 11 is 3.22. The maximum atomic E-state index is 11.1. The smallest absolute Gasteiger partial charge is 0.303 e. The van der Waals surface area contributed by atoms with E-state index in [4.69, 9.17) is 14.9 Å². The summed E-state index contributed by atoms with van der Waals surface area (Å²) in [6.07, 6.45) is 2.49. The SMILES string of the molecule is O=C(O)CCc1cn(Cc2ccc(OCc3csc(-c4ccccc4)n3)cc2)nc1-c1cccs1. The van der Waals surface area contributed by atoms with Gasteiger partial charge in [-0.3, -0.25) is 9.48 Å². The molecule has 0 unspecified atom stereocenters. The first kappa shape index (κ1) is 23.0. The fourth-order valence-electron chi connectivity index (χ4n) is 3.71. The van der Waals surface area contributed by atoms with Gasteiger partial charge in [0.2, 0.25) is 0 Å². The van der Waals surface area contributed by atoms with E-state index in [1.54, 1.807) is 22.7 Å². The van der Waals surface area contributed by atoms with Gasteiger partial charge in [-0.05, 0) is 41.1 Å². The molecule has 0 spiro atoms. The highest BCUT2D eigenvalue weighted by atomic mass is 32.1. The number of rotatable bonds is 10. The number of thiazole rings is 1.